The number of benzene rings is 2. The van der Waals surface area contributed by atoms with Crippen LogP contribution in [0.4, 0.5) is 0 Å². The van der Waals surface area contributed by atoms with Gasteiger partial charge in [0.15, 0.2) is 9.84 Å². The summed E-state index contributed by atoms with van der Waals surface area (Å²) in [6.45, 7) is 0.452. The van der Waals surface area contributed by atoms with Crippen LogP contribution in [0.2, 0.25) is 0 Å². The van der Waals surface area contributed by atoms with E-state index in [1.807, 2.05) is 24.3 Å². The van der Waals surface area contributed by atoms with Crippen LogP contribution in [0.5, 0.6) is 5.75 Å². The van der Waals surface area contributed by atoms with Gasteiger partial charge in [-0.25, -0.2) is 8.42 Å². The molecule has 0 fully saturated rings. The summed E-state index contributed by atoms with van der Waals surface area (Å²) in [6, 6.07) is 14.3. The molecule has 0 bridgehead atoms. The molecule has 1 amide bonds. The van der Waals surface area contributed by atoms with Crippen LogP contribution in [-0.4, -0.2) is 39.1 Å². The lowest BCUT2D eigenvalue weighted by Crippen LogP contribution is -2.26. The third kappa shape index (κ3) is 3.80. The van der Waals surface area contributed by atoms with Gasteiger partial charge in [-0.2, -0.15) is 0 Å². The lowest BCUT2D eigenvalue weighted by Gasteiger charge is -2.18. The van der Waals surface area contributed by atoms with E-state index in [1.165, 1.54) is 0 Å². The predicted octanol–water partition coefficient (Wildman–Crippen LogP) is 3.13. The topological polar surface area (TPSA) is 63.7 Å². The molecule has 2 aromatic carbocycles. The van der Waals surface area contributed by atoms with Gasteiger partial charge >= 0.3 is 0 Å². The van der Waals surface area contributed by atoms with Gasteiger partial charge < -0.3 is 9.64 Å². The normalized spacial score (nSPS) is 15.4. The first kappa shape index (κ1) is 18.2. The third-order valence-electron chi connectivity index (χ3n) is 4.37. The second kappa shape index (κ2) is 7.33. The number of sulfone groups is 1. The highest BCUT2D eigenvalue weighted by Crippen LogP contribution is 2.29. The van der Waals surface area contributed by atoms with Crippen LogP contribution in [0.15, 0.2) is 54.6 Å². The van der Waals surface area contributed by atoms with Gasteiger partial charge in [0.2, 0.25) is 0 Å². The van der Waals surface area contributed by atoms with Gasteiger partial charge in [0.1, 0.15) is 5.75 Å². The molecule has 5 nitrogen and oxygen atoms in total. The Kier molecular flexibility index (Phi) is 5.13. The number of carbonyl (C=O) groups excluding carboxylic acids is 1. The smallest absolute Gasteiger partial charge is 0.253 e. The molecule has 26 heavy (non-hydrogen) atoms. The molecule has 2 aromatic rings. The van der Waals surface area contributed by atoms with E-state index in [0.29, 0.717) is 29.0 Å². The van der Waals surface area contributed by atoms with Crippen molar-refractivity contribution in [2.75, 3.05) is 19.9 Å². The van der Waals surface area contributed by atoms with Gasteiger partial charge in [-0.3, -0.25) is 4.79 Å². The van der Waals surface area contributed by atoms with Crippen molar-refractivity contribution in [2.24, 2.45) is 0 Å². The number of amides is 1. The van der Waals surface area contributed by atoms with E-state index in [9.17, 15) is 13.2 Å². The van der Waals surface area contributed by atoms with Crippen LogP contribution in [0.3, 0.4) is 0 Å². The number of hydrogen-bond acceptors (Lipinski definition) is 4. The molecule has 3 rings (SSSR count). The summed E-state index contributed by atoms with van der Waals surface area (Å²) in [5.41, 5.74) is 2.03. The highest BCUT2D eigenvalue weighted by atomic mass is 32.2. The van der Waals surface area contributed by atoms with Crippen molar-refractivity contribution < 1.29 is 17.9 Å². The minimum absolute atomic E-state index is 0.137. The molecule has 6 heteroatoms. The first-order valence-corrected chi connectivity index (χ1v) is 9.98. The zero-order valence-corrected chi connectivity index (χ0v) is 15.6. The number of hydrogen-bond donors (Lipinski definition) is 0. The Bertz CT molecular complexity index is 946. The van der Waals surface area contributed by atoms with Gasteiger partial charge in [0, 0.05) is 19.2 Å². The minimum atomic E-state index is -3.23. The minimum Gasteiger partial charge on any atom is -0.497 e. The van der Waals surface area contributed by atoms with Gasteiger partial charge in [-0.1, -0.05) is 30.3 Å². The molecule has 1 aliphatic heterocycles. The lowest BCUT2D eigenvalue weighted by molar-refractivity contribution is 0.0785. The molecule has 0 aliphatic carbocycles. The van der Waals surface area contributed by atoms with Gasteiger partial charge in [-0.15, -0.1) is 0 Å². The summed E-state index contributed by atoms with van der Waals surface area (Å²) in [7, 11) is 0.102. The quantitative estimate of drug-likeness (QED) is 0.810. The van der Waals surface area contributed by atoms with E-state index in [-0.39, 0.29) is 11.7 Å². The predicted molar refractivity (Wildman–Crippen MR) is 102 cm³/mol. The lowest BCUT2D eigenvalue weighted by atomic mass is 10.1. The third-order valence-corrected chi connectivity index (χ3v) is 6.22. The van der Waals surface area contributed by atoms with Crippen LogP contribution in [0, 0.1) is 0 Å². The first-order chi connectivity index (χ1) is 12.4. The van der Waals surface area contributed by atoms with E-state index < -0.39 is 9.84 Å². The summed E-state index contributed by atoms with van der Waals surface area (Å²) in [4.78, 5) is 14.7. The van der Waals surface area contributed by atoms with Crippen LogP contribution in [0.1, 0.15) is 27.9 Å². The fourth-order valence-corrected chi connectivity index (χ4v) is 4.49. The molecule has 0 atom stereocenters. The maximum atomic E-state index is 12.7. The number of rotatable bonds is 5. The monoisotopic (exact) mass is 371 g/mol. The standard InChI is InChI=1S/C20H21NO4S/c1-21(14-15-8-10-18(25-2)11-9-15)20(22)17-6-3-5-16(13-17)19-7-4-12-26(19,23)24/h3,5-11,13H,4,12,14H2,1-2H3. The Labute approximate surface area is 153 Å². The van der Waals surface area contributed by atoms with Crippen molar-refractivity contribution in [3.63, 3.8) is 0 Å². The van der Waals surface area contributed by atoms with E-state index in [2.05, 4.69) is 0 Å². The number of ether oxygens (including phenoxy) is 1. The van der Waals surface area contributed by atoms with Crippen molar-refractivity contribution in [3.05, 3.63) is 71.3 Å². The summed E-state index contributed by atoms with van der Waals surface area (Å²) >= 11 is 0. The van der Waals surface area contributed by atoms with Crippen LogP contribution < -0.4 is 4.74 Å². The summed E-state index contributed by atoms with van der Waals surface area (Å²) in [5, 5.41) is 0. The number of methoxy groups -OCH3 is 1. The average Bonchev–Trinajstić information content (AvgIpc) is 3.01. The largest absolute Gasteiger partial charge is 0.497 e. The fraction of sp³-hybridized carbons (Fsp3) is 0.250. The highest BCUT2D eigenvalue weighted by molar-refractivity contribution is 8.00. The summed E-state index contributed by atoms with van der Waals surface area (Å²) < 4.78 is 29.3. The molecule has 136 valence electrons. The van der Waals surface area contributed by atoms with E-state index >= 15 is 0 Å². The SMILES string of the molecule is COc1ccc(CN(C)C(=O)c2cccc(C3=CCCS3(=O)=O)c2)cc1. The van der Waals surface area contributed by atoms with E-state index in [4.69, 9.17) is 4.74 Å². The Balaban J connectivity index is 1.78. The zero-order valence-electron chi connectivity index (χ0n) is 14.8. The molecule has 0 N–H and O–H groups in total. The Morgan fingerprint density at radius 3 is 2.50 bits per heavy atom. The van der Waals surface area contributed by atoms with Crippen molar-refractivity contribution in [3.8, 4) is 5.75 Å². The van der Waals surface area contributed by atoms with Gasteiger partial charge in [-0.05, 0) is 41.8 Å². The molecule has 0 spiro atoms. The number of allylic oxidation sites excluding steroid dienone is 1. The Morgan fingerprint density at radius 2 is 1.88 bits per heavy atom. The second-order valence-corrected chi connectivity index (χ2v) is 8.34. The van der Waals surface area contributed by atoms with E-state index in [0.717, 1.165) is 11.3 Å². The molecule has 1 aliphatic rings. The van der Waals surface area contributed by atoms with Crippen molar-refractivity contribution in [2.45, 2.75) is 13.0 Å². The van der Waals surface area contributed by atoms with E-state index in [1.54, 1.807) is 49.4 Å². The van der Waals surface area contributed by atoms with Crippen LogP contribution in [-0.2, 0) is 16.4 Å². The fourth-order valence-electron chi connectivity index (χ4n) is 2.98. The van der Waals surface area contributed by atoms with Crippen molar-refractivity contribution >= 4 is 20.6 Å². The maximum absolute atomic E-state index is 12.7. The highest BCUT2D eigenvalue weighted by Gasteiger charge is 2.25. The molecule has 0 radical (unpaired) electrons. The zero-order chi connectivity index (χ0) is 18.7. The van der Waals surface area contributed by atoms with Crippen LogP contribution >= 0.6 is 0 Å². The molecule has 1 heterocycles. The number of nitrogens with zero attached hydrogens (tertiary/aromatic N) is 1. The van der Waals surface area contributed by atoms with Crippen LogP contribution in [0.25, 0.3) is 4.91 Å². The molecular weight excluding hydrogens is 350 g/mol. The van der Waals surface area contributed by atoms with Gasteiger partial charge in [0.25, 0.3) is 5.91 Å². The van der Waals surface area contributed by atoms with Crippen molar-refractivity contribution in [1.29, 1.82) is 0 Å². The summed E-state index contributed by atoms with van der Waals surface area (Å²) in [5.74, 6) is 0.748. The first-order valence-electron chi connectivity index (χ1n) is 8.32. The van der Waals surface area contributed by atoms with Gasteiger partial charge in [0.05, 0.1) is 17.8 Å². The Hall–Kier alpha value is -2.60. The molecule has 0 saturated heterocycles. The molecule has 0 unspecified atom stereocenters. The maximum Gasteiger partial charge on any atom is 0.253 e. The number of carbonyl (C=O) groups is 1. The molecule has 0 saturated carbocycles. The molecular formula is C20H21NO4S. The molecule has 0 aromatic heterocycles. The Morgan fingerprint density at radius 1 is 1.15 bits per heavy atom. The second-order valence-electron chi connectivity index (χ2n) is 6.27. The van der Waals surface area contributed by atoms with Crippen molar-refractivity contribution in [1.82, 2.24) is 4.90 Å². The average molecular weight is 371 g/mol. The summed E-state index contributed by atoms with van der Waals surface area (Å²) in [6.07, 6.45) is 2.24.